The van der Waals surface area contributed by atoms with Crippen LogP contribution in [0.25, 0.3) is 22.3 Å². The van der Waals surface area contributed by atoms with E-state index in [9.17, 15) is 14.0 Å². The van der Waals surface area contributed by atoms with E-state index >= 15 is 0 Å². The van der Waals surface area contributed by atoms with Crippen molar-refractivity contribution in [2.45, 2.75) is 58.2 Å². The molecule has 0 saturated heterocycles. The number of benzene rings is 1. The molecule has 1 aliphatic carbocycles. The molecule has 0 amide bonds. The van der Waals surface area contributed by atoms with Crippen molar-refractivity contribution in [1.82, 2.24) is 14.9 Å². The average Bonchev–Trinajstić information content (AvgIpc) is 3.19. The number of nitrogens with one attached hydrogen (secondary N) is 1. The normalized spacial score (nSPS) is 17.2. The van der Waals surface area contributed by atoms with Gasteiger partial charge in [0.2, 0.25) is 0 Å². The lowest BCUT2D eigenvalue weighted by atomic mass is 9.82. The number of nitrogens with zero attached hydrogens (tertiary/aromatic N) is 2. The second kappa shape index (κ2) is 8.15. The molecule has 1 aromatic carbocycles. The van der Waals surface area contributed by atoms with Gasteiger partial charge in [-0.3, -0.25) is 4.79 Å². The number of carbonyl (C=O) groups is 1. The van der Waals surface area contributed by atoms with Crippen LogP contribution in [0.15, 0.2) is 16.9 Å². The number of fused-ring (bicyclic) bond motifs is 4. The number of hydrogen-bond acceptors (Lipinski definition) is 5. The van der Waals surface area contributed by atoms with E-state index in [1.165, 1.54) is 6.07 Å². The average molecular weight is 450 g/mol. The van der Waals surface area contributed by atoms with Crippen molar-refractivity contribution >= 4 is 17.2 Å². The largest absolute Gasteiger partial charge is 0.380 e. The van der Waals surface area contributed by atoms with Gasteiger partial charge in [-0.2, -0.15) is 0 Å². The minimum atomic E-state index is -0.395. The molecule has 0 bridgehead atoms. The molecule has 1 N–H and O–H groups in total. The van der Waals surface area contributed by atoms with Gasteiger partial charge in [-0.05, 0) is 61.6 Å². The lowest BCUT2D eigenvalue weighted by Gasteiger charge is -2.28. The van der Waals surface area contributed by atoms with Crippen LogP contribution in [-0.4, -0.2) is 30.0 Å². The van der Waals surface area contributed by atoms with Crippen LogP contribution in [0.4, 0.5) is 4.39 Å². The highest BCUT2D eigenvalue weighted by Gasteiger charge is 2.34. The number of aryl methyl sites for hydroxylation is 1. The SMILES string of the molecule is CCC(C=O)c1cc2n(c(=O)c1COC)Cc1c-2nc2cc(F)c(C)c3c2c1C(NC)CC3. The van der Waals surface area contributed by atoms with E-state index in [1.54, 1.807) is 11.7 Å². The predicted molar refractivity (Wildman–Crippen MR) is 125 cm³/mol. The quantitative estimate of drug-likeness (QED) is 0.452. The van der Waals surface area contributed by atoms with Crippen LogP contribution in [0, 0.1) is 12.7 Å². The van der Waals surface area contributed by atoms with Gasteiger partial charge in [-0.25, -0.2) is 9.37 Å². The summed E-state index contributed by atoms with van der Waals surface area (Å²) in [6.07, 6.45) is 3.11. The van der Waals surface area contributed by atoms with Gasteiger partial charge < -0.3 is 19.4 Å². The standard InChI is InChI=1S/C26H28FN3O3/c1-5-14(11-31)16-8-22-25-17(10-30(22)26(32)18(16)12-33-4)24-20(28-3)7-6-15-13(2)19(27)9-21(29-25)23(15)24/h8-9,11,14,20,28H,5-7,10,12H2,1-4H3. The second-order valence-electron chi connectivity index (χ2n) is 9.03. The highest BCUT2D eigenvalue weighted by molar-refractivity contribution is 5.93. The Morgan fingerprint density at radius 1 is 1.36 bits per heavy atom. The lowest BCUT2D eigenvalue weighted by molar-refractivity contribution is -0.109. The van der Waals surface area contributed by atoms with Crippen molar-refractivity contribution in [2.75, 3.05) is 14.2 Å². The van der Waals surface area contributed by atoms with Crippen molar-refractivity contribution in [3.63, 3.8) is 0 Å². The summed E-state index contributed by atoms with van der Waals surface area (Å²) < 4.78 is 21.8. The molecule has 2 unspecified atom stereocenters. The molecule has 0 saturated carbocycles. The van der Waals surface area contributed by atoms with Crippen LogP contribution < -0.4 is 10.9 Å². The smallest absolute Gasteiger partial charge is 0.257 e. The Bertz CT molecular complexity index is 1360. The maximum atomic E-state index is 14.8. The van der Waals surface area contributed by atoms with Crippen molar-refractivity contribution < 1.29 is 13.9 Å². The molecule has 2 aliphatic rings. The zero-order chi connectivity index (χ0) is 23.4. The molecular formula is C26H28FN3O3. The van der Waals surface area contributed by atoms with Crippen LogP contribution in [0.3, 0.4) is 0 Å². The molecule has 0 radical (unpaired) electrons. The fraction of sp³-hybridized carbons (Fsp3) is 0.423. The van der Waals surface area contributed by atoms with Gasteiger partial charge in [-0.1, -0.05) is 6.92 Å². The van der Waals surface area contributed by atoms with E-state index in [4.69, 9.17) is 9.72 Å². The second-order valence-corrected chi connectivity index (χ2v) is 9.03. The summed E-state index contributed by atoms with van der Waals surface area (Å²) >= 11 is 0. The summed E-state index contributed by atoms with van der Waals surface area (Å²) in [6, 6.07) is 3.53. The molecule has 2 aromatic heterocycles. The van der Waals surface area contributed by atoms with Crippen molar-refractivity contribution in [2.24, 2.45) is 0 Å². The number of pyridine rings is 2. The molecule has 33 heavy (non-hydrogen) atoms. The number of methoxy groups -OCH3 is 1. The molecule has 0 spiro atoms. The van der Waals surface area contributed by atoms with Crippen molar-refractivity contribution in [1.29, 1.82) is 0 Å². The van der Waals surface area contributed by atoms with Crippen LogP contribution >= 0.6 is 0 Å². The van der Waals surface area contributed by atoms with Gasteiger partial charge >= 0.3 is 0 Å². The fourth-order valence-electron chi connectivity index (χ4n) is 5.66. The third-order valence-corrected chi connectivity index (χ3v) is 7.41. The highest BCUT2D eigenvalue weighted by atomic mass is 19.1. The molecular weight excluding hydrogens is 421 g/mol. The van der Waals surface area contributed by atoms with Crippen LogP contribution in [0.2, 0.25) is 0 Å². The molecule has 3 aromatic rings. The molecule has 5 rings (SSSR count). The van der Waals surface area contributed by atoms with Crippen molar-refractivity contribution in [3.05, 3.63) is 61.7 Å². The van der Waals surface area contributed by atoms with Crippen LogP contribution in [0.1, 0.15) is 65.1 Å². The summed E-state index contributed by atoms with van der Waals surface area (Å²) in [5.74, 6) is -0.648. The third kappa shape index (κ3) is 3.09. The maximum absolute atomic E-state index is 14.8. The molecule has 3 heterocycles. The zero-order valence-corrected chi connectivity index (χ0v) is 19.4. The molecule has 6 nitrogen and oxygen atoms in total. The Balaban J connectivity index is 1.86. The third-order valence-electron chi connectivity index (χ3n) is 7.41. The number of rotatable bonds is 6. The number of halogens is 1. The van der Waals surface area contributed by atoms with Crippen molar-refractivity contribution in [3.8, 4) is 11.4 Å². The van der Waals surface area contributed by atoms with Crippen LogP contribution in [-0.2, 0) is 29.1 Å². The molecule has 2 atom stereocenters. The number of carbonyl (C=O) groups excluding carboxylic acids is 1. The number of aromatic nitrogens is 2. The minimum absolute atomic E-state index is 0.0999. The Morgan fingerprint density at radius 3 is 2.82 bits per heavy atom. The Morgan fingerprint density at radius 2 is 2.15 bits per heavy atom. The summed E-state index contributed by atoms with van der Waals surface area (Å²) in [5, 5.41) is 4.42. The number of aldehydes is 1. The Labute approximate surface area is 191 Å². The monoisotopic (exact) mass is 449 g/mol. The summed E-state index contributed by atoms with van der Waals surface area (Å²) in [6.45, 7) is 4.30. The number of hydrogen-bond donors (Lipinski definition) is 1. The van der Waals surface area contributed by atoms with E-state index in [2.05, 4.69) is 5.32 Å². The zero-order valence-electron chi connectivity index (χ0n) is 19.4. The summed E-state index contributed by atoms with van der Waals surface area (Å²) in [7, 11) is 3.48. The van der Waals surface area contributed by atoms with E-state index in [-0.39, 0.29) is 24.0 Å². The molecule has 172 valence electrons. The Kier molecular flexibility index (Phi) is 5.41. The molecule has 7 heteroatoms. The fourth-order valence-corrected chi connectivity index (χ4v) is 5.66. The van der Waals surface area contributed by atoms with Gasteiger partial charge in [0.05, 0.1) is 30.1 Å². The maximum Gasteiger partial charge on any atom is 0.257 e. The summed E-state index contributed by atoms with van der Waals surface area (Å²) in [4.78, 5) is 30.3. The van der Waals surface area contributed by atoms with E-state index in [0.717, 1.165) is 41.2 Å². The van der Waals surface area contributed by atoms with Gasteiger partial charge in [0, 0.05) is 41.6 Å². The predicted octanol–water partition coefficient (Wildman–Crippen LogP) is 3.92. The number of ether oxygens (including phenoxy) is 1. The Hall–Kier alpha value is -2.90. The first-order chi connectivity index (χ1) is 15.9. The van der Waals surface area contributed by atoms with Gasteiger partial charge in [-0.15, -0.1) is 0 Å². The topological polar surface area (TPSA) is 73.2 Å². The van der Waals surface area contributed by atoms with Gasteiger partial charge in [0.15, 0.2) is 0 Å². The first-order valence-corrected chi connectivity index (χ1v) is 11.5. The first kappa shape index (κ1) is 21.9. The van der Waals surface area contributed by atoms with E-state index in [1.807, 2.05) is 27.0 Å². The van der Waals surface area contributed by atoms with Crippen LogP contribution in [0.5, 0.6) is 0 Å². The van der Waals surface area contributed by atoms with Gasteiger partial charge in [0.1, 0.15) is 12.1 Å². The van der Waals surface area contributed by atoms with E-state index < -0.39 is 5.92 Å². The minimum Gasteiger partial charge on any atom is -0.380 e. The van der Waals surface area contributed by atoms with E-state index in [0.29, 0.717) is 46.6 Å². The van der Waals surface area contributed by atoms with Gasteiger partial charge in [0.25, 0.3) is 5.56 Å². The molecule has 1 aliphatic heterocycles. The lowest BCUT2D eigenvalue weighted by Crippen LogP contribution is -2.27. The first-order valence-electron chi connectivity index (χ1n) is 11.5. The molecule has 0 fully saturated rings. The summed E-state index contributed by atoms with van der Waals surface area (Å²) in [5.41, 5.74) is 6.86. The highest BCUT2D eigenvalue weighted by Crippen LogP contribution is 2.44.